The van der Waals surface area contributed by atoms with E-state index in [-0.39, 0.29) is 5.91 Å². The van der Waals surface area contributed by atoms with E-state index in [0.717, 1.165) is 32.7 Å². The molecule has 1 unspecified atom stereocenters. The van der Waals surface area contributed by atoms with Crippen molar-refractivity contribution in [2.75, 3.05) is 32.2 Å². The Bertz CT molecular complexity index is 199. The molecular weight excluding hydrogens is 214 g/mol. The zero-order valence-corrected chi connectivity index (χ0v) is 10.1. The number of amides is 1. The number of alkyl halides is 1. The summed E-state index contributed by atoms with van der Waals surface area (Å²) in [5, 5.41) is 0. The molecule has 0 aromatic heterocycles. The van der Waals surface area contributed by atoms with Gasteiger partial charge in [-0.15, -0.1) is 11.6 Å². The van der Waals surface area contributed by atoms with E-state index in [1.54, 1.807) is 0 Å². The van der Waals surface area contributed by atoms with Gasteiger partial charge in [0.25, 0.3) is 0 Å². The number of nitrogens with zero attached hydrogens (tertiary/aromatic N) is 1. The maximum atomic E-state index is 11.6. The number of piperidine rings is 1. The van der Waals surface area contributed by atoms with Crippen LogP contribution in [0.5, 0.6) is 0 Å². The number of carbonyl (C=O) groups is 1. The smallest absolute Gasteiger partial charge is 0.223 e. The van der Waals surface area contributed by atoms with Crippen molar-refractivity contribution in [2.45, 2.75) is 26.2 Å². The largest absolute Gasteiger partial charge is 0.381 e. The van der Waals surface area contributed by atoms with Crippen LogP contribution in [0.1, 0.15) is 26.2 Å². The average Bonchev–Trinajstić information content (AvgIpc) is 2.27. The van der Waals surface area contributed by atoms with Gasteiger partial charge in [-0.1, -0.05) is 0 Å². The standard InChI is InChI=1S/C11H20ClNO2/c1-2-15-9-10-4-3-7-13(8-10)11(14)5-6-12/h10H,2-9H2,1H3. The van der Waals surface area contributed by atoms with Gasteiger partial charge in [-0.25, -0.2) is 0 Å². The van der Waals surface area contributed by atoms with Crippen molar-refractivity contribution >= 4 is 17.5 Å². The van der Waals surface area contributed by atoms with E-state index in [9.17, 15) is 4.79 Å². The van der Waals surface area contributed by atoms with Gasteiger partial charge in [0.15, 0.2) is 0 Å². The minimum Gasteiger partial charge on any atom is -0.381 e. The molecule has 0 aromatic rings. The molecule has 0 N–H and O–H groups in total. The van der Waals surface area contributed by atoms with Crippen LogP contribution in [0.4, 0.5) is 0 Å². The lowest BCUT2D eigenvalue weighted by molar-refractivity contribution is -0.133. The molecule has 4 heteroatoms. The molecule has 0 radical (unpaired) electrons. The zero-order valence-electron chi connectivity index (χ0n) is 9.38. The lowest BCUT2D eigenvalue weighted by Crippen LogP contribution is -2.41. The number of likely N-dealkylation sites (tertiary alicyclic amines) is 1. The number of hydrogen-bond acceptors (Lipinski definition) is 2. The van der Waals surface area contributed by atoms with Gasteiger partial charge in [-0.2, -0.15) is 0 Å². The number of rotatable bonds is 5. The summed E-state index contributed by atoms with van der Waals surface area (Å²) in [7, 11) is 0. The first kappa shape index (κ1) is 12.8. The van der Waals surface area contributed by atoms with Gasteiger partial charge in [-0.05, 0) is 25.7 Å². The highest BCUT2D eigenvalue weighted by molar-refractivity contribution is 6.18. The Morgan fingerprint density at radius 2 is 2.40 bits per heavy atom. The topological polar surface area (TPSA) is 29.5 Å². The van der Waals surface area contributed by atoms with Gasteiger partial charge in [0.2, 0.25) is 5.91 Å². The number of carbonyl (C=O) groups excluding carboxylic acids is 1. The van der Waals surface area contributed by atoms with Crippen molar-refractivity contribution in [1.82, 2.24) is 4.90 Å². The Labute approximate surface area is 96.7 Å². The third-order valence-corrected chi connectivity index (χ3v) is 2.93. The highest BCUT2D eigenvalue weighted by atomic mass is 35.5. The fraction of sp³-hybridized carbons (Fsp3) is 0.909. The number of ether oxygens (including phenoxy) is 1. The molecule has 1 heterocycles. The maximum absolute atomic E-state index is 11.6. The van der Waals surface area contributed by atoms with Crippen LogP contribution in [-0.2, 0) is 9.53 Å². The van der Waals surface area contributed by atoms with E-state index in [1.807, 2.05) is 11.8 Å². The van der Waals surface area contributed by atoms with Crippen molar-refractivity contribution in [3.63, 3.8) is 0 Å². The van der Waals surface area contributed by atoms with Crippen molar-refractivity contribution in [2.24, 2.45) is 5.92 Å². The SMILES string of the molecule is CCOCC1CCCN(C(=O)CCCl)C1. The third-order valence-electron chi connectivity index (χ3n) is 2.74. The molecule has 1 aliphatic rings. The second kappa shape index (κ2) is 7.07. The summed E-state index contributed by atoms with van der Waals surface area (Å²) in [5.74, 6) is 1.12. The second-order valence-corrected chi connectivity index (χ2v) is 4.32. The summed E-state index contributed by atoms with van der Waals surface area (Å²) in [6.07, 6.45) is 2.72. The molecule has 0 saturated carbocycles. The monoisotopic (exact) mass is 233 g/mol. The number of halogens is 1. The van der Waals surface area contributed by atoms with Crippen molar-refractivity contribution in [3.8, 4) is 0 Å². The van der Waals surface area contributed by atoms with Gasteiger partial charge < -0.3 is 9.64 Å². The molecule has 0 spiro atoms. The number of hydrogen-bond donors (Lipinski definition) is 0. The van der Waals surface area contributed by atoms with E-state index < -0.39 is 0 Å². The van der Waals surface area contributed by atoms with Crippen LogP contribution >= 0.6 is 11.6 Å². The second-order valence-electron chi connectivity index (χ2n) is 3.95. The fourth-order valence-electron chi connectivity index (χ4n) is 1.95. The van der Waals surface area contributed by atoms with E-state index in [0.29, 0.717) is 18.2 Å². The summed E-state index contributed by atoms with van der Waals surface area (Å²) in [6.45, 7) is 5.26. The van der Waals surface area contributed by atoms with E-state index in [4.69, 9.17) is 16.3 Å². The van der Waals surface area contributed by atoms with Crippen molar-refractivity contribution < 1.29 is 9.53 Å². The van der Waals surface area contributed by atoms with Crippen molar-refractivity contribution in [3.05, 3.63) is 0 Å². The summed E-state index contributed by atoms with van der Waals surface area (Å²) in [5.41, 5.74) is 0. The average molecular weight is 234 g/mol. The van der Waals surface area contributed by atoms with Crippen LogP contribution in [0.3, 0.4) is 0 Å². The van der Waals surface area contributed by atoms with Gasteiger partial charge in [0, 0.05) is 32.0 Å². The molecule has 1 fully saturated rings. The third kappa shape index (κ3) is 4.39. The van der Waals surface area contributed by atoms with Crippen LogP contribution in [0, 0.1) is 5.92 Å². The van der Waals surface area contributed by atoms with E-state index in [1.165, 1.54) is 6.42 Å². The predicted octanol–water partition coefficient (Wildman–Crippen LogP) is 1.89. The Hall–Kier alpha value is -0.280. The van der Waals surface area contributed by atoms with Crippen LogP contribution in [0.25, 0.3) is 0 Å². The lowest BCUT2D eigenvalue weighted by Gasteiger charge is -2.32. The van der Waals surface area contributed by atoms with E-state index in [2.05, 4.69) is 0 Å². The molecule has 1 atom stereocenters. The molecular formula is C11H20ClNO2. The maximum Gasteiger partial charge on any atom is 0.223 e. The quantitative estimate of drug-likeness (QED) is 0.679. The fourth-order valence-corrected chi connectivity index (χ4v) is 2.11. The first-order valence-corrected chi connectivity index (χ1v) is 6.22. The molecule has 0 aromatic carbocycles. The minimum absolute atomic E-state index is 0.186. The Morgan fingerprint density at radius 1 is 1.60 bits per heavy atom. The zero-order chi connectivity index (χ0) is 11.1. The molecule has 0 bridgehead atoms. The first-order chi connectivity index (χ1) is 7.27. The molecule has 1 rings (SSSR count). The summed E-state index contributed by atoms with van der Waals surface area (Å²) >= 11 is 5.56. The lowest BCUT2D eigenvalue weighted by atomic mass is 9.99. The molecule has 1 saturated heterocycles. The molecule has 1 aliphatic heterocycles. The Balaban J connectivity index is 2.31. The van der Waals surface area contributed by atoms with Gasteiger partial charge >= 0.3 is 0 Å². The highest BCUT2D eigenvalue weighted by Gasteiger charge is 2.22. The van der Waals surface area contributed by atoms with Gasteiger partial charge in [-0.3, -0.25) is 4.79 Å². The Kier molecular flexibility index (Phi) is 6.03. The van der Waals surface area contributed by atoms with Gasteiger partial charge in [0.1, 0.15) is 0 Å². The summed E-state index contributed by atoms with van der Waals surface area (Å²) in [4.78, 5) is 13.5. The van der Waals surface area contributed by atoms with Crippen LogP contribution in [0.15, 0.2) is 0 Å². The van der Waals surface area contributed by atoms with Crippen LogP contribution < -0.4 is 0 Å². The molecule has 3 nitrogen and oxygen atoms in total. The predicted molar refractivity (Wildman–Crippen MR) is 61.1 cm³/mol. The summed E-state index contributed by atoms with van der Waals surface area (Å²) in [6, 6.07) is 0. The highest BCUT2D eigenvalue weighted by Crippen LogP contribution is 2.17. The minimum atomic E-state index is 0.186. The molecule has 88 valence electrons. The van der Waals surface area contributed by atoms with E-state index >= 15 is 0 Å². The molecule has 15 heavy (non-hydrogen) atoms. The van der Waals surface area contributed by atoms with Crippen LogP contribution in [-0.4, -0.2) is 43.0 Å². The summed E-state index contributed by atoms with van der Waals surface area (Å²) < 4.78 is 5.40. The Morgan fingerprint density at radius 3 is 3.07 bits per heavy atom. The van der Waals surface area contributed by atoms with Crippen molar-refractivity contribution in [1.29, 1.82) is 0 Å². The molecule has 1 amide bonds. The van der Waals surface area contributed by atoms with Gasteiger partial charge in [0.05, 0.1) is 6.61 Å². The normalized spacial score (nSPS) is 21.7. The first-order valence-electron chi connectivity index (χ1n) is 5.69. The molecule has 0 aliphatic carbocycles. The van der Waals surface area contributed by atoms with Crippen LogP contribution in [0.2, 0.25) is 0 Å².